The van der Waals surface area contributed by atoms with Gasteiger partial charge in [-0.05, 0) is 31.6 Å². The van der Waals surface area contributed by atoms with Crippen molar-refractivity contribution in [1.82, 2.24) is 30.2 Å². The first kappa shape index (κ1) is 15.6. The van der Waals surface area contributed by atoms with Crippen LogP contribution in [0.1, 0.15) is 29.7 Å². The Bertz CT molecular complexity index is 854. The zero-order valence-corrected chi connectivity index (χ0v) is 13.1. The average Bonchev–Trinajstić information content (AvgIpc) is 3.01. The molecule has 0 aromatic carbocycles. The van der Waals surface area contributed by atoms with Crippen molar-refractivity contribution in [2.75, 3.05) is 5.73 Å². The lowest BCUT2D eigenvalue weighted by Crippen LogP contribution is -2.32. The number of amides is 1. The van der Waals surface area contributed by atoms with Gasteiger partial charge in [0.1, 0.15) is 11.5 Å². The molecular weight excluding hydrogens is 306 g/mol. The second-order valence-electron chi connectivity index (χ2n) is 5.30. The number of carbonyl (C=O) groups excluding carboxylic acids is 1. The lowest BCUT2D eigenvalue weighted by atomic mass is 10.2. The Morgan fingerprint density at radius 2 is 2.17 bits per heavy atom. The molecule has 122 valence electrons. The monoisotopic (exact) mass is 323 g/mol. The molecule has 4 N–H and O–H groups in total. The Kier molecular flexibility index (Phi) is 4.46. The highest BCUT2D eigenvalue weighted by atomic mass is 16.2. The fourth-order valence-corrected chi connectivity index (χ4v) is 2.18. The van der Waals surface area contributed by atoms with Crippen LogP contribution >= 0.6 is 0 Å². The van der Waals surface area contributed by atoms with Crippen molar-refractivity contribution in [2.24, 2.45) is 0 Å². The summed E-state index contributed by atoms with van der Waals surface area (Å²) in [7, 11) is 0. The second-order valence-corrected chi connectivity index (χ2v) is 5.30. The summed E-state index contributed by atoms with van der Waals surface area (Å²) in [6.07, 6.45) is 9.06. The lowest BCUT2D eigenvalue weighted by molar-refractivity contribution is 0.0931. The number of nitrogen functional groups attached to an aromatic ring is 1. The number of nitrogens with one attached hydrogen (secondary N) is 2. The summed E-state index contributed by atoms with van der Waals surface area (Å²) in [5, 5.41) is 2.88. The SMILES string of the molecule is C[C@@H](C/C=C/c1nccnc1N)NC(=O)c1nc2ncccc2[nH]1. The molecule has 1 amide bonds. The third-order valence-corrected chi connectivity index (χ3v) is 3.37. The Hall–Kier alpha value is -3.29. The number of rotatable bonds is 5. The lowest BCUT2D eigenvalue weighted by Gasteiger charge is -2.10. The summed E-state index contributed by atoms with van der Waals surface area (Å²) < 4.78 is 0. The summed E-state index contributed by atoms with van der Waals surface area (Å²) in [5.74, 6) is 0.353. The van der Waals surface area contributed by atoms with Crippen LogP contribution in [0.3, 0.4) is 0 Å². The van der Waals surface area contributed by atoms with Gasteiger partial charge in [0.2, 0.25) is 0 Å². The van der Waals surface area contributed by atoms with Gasteiger partial charge in [-0.2, -0.15) is 0 Å². The van der Waals surface area contributed by atoms with Crippen LogP contribution in [0.25, 0.3) is 17.2 Å². The topological polar surface area (TPSA) is 122 Å². The van der Waals surface area contributed by atoms with Crippen molar-refractivity contribution in [3.05, 3.63) is 48.3 Å². The molecule has 0 spiro atoms. The molecule has 3 rings (SSSR count). The van der Waals surface area contributed by atoms with Crippen molar-refractivity contribution >= 4 is 29.0 Å². The molecule has 3 aromatic heterocycles. The van der Waals surface area contributed by atoms with Crippen molar-refractivity contribution in [3.63, 3.8) is 0 Å². The molecule has 0 aliphatic carbocycles. The van der Waals surface area contributed by atoms with E-state index in [0.29, 0.717) is 23.6 Å². The number of hydrogen-bond donors (Lipinski definition) is 3. The van der Waals surface area contributed by atoms with Gasteiger partial charge in [0.25, 0.3) is 5.91 Å². The van der Waals surface area contributed by atoms with E-state index < -0.39 is 0 Å². The van der Waals surface area contributed by atoms with Crippen LogP contribution in [0.5, 0.6) is 0 Å². The van der Waals surface area contributed by atoms with Gasteiger partial charge in [-0.15, -0.1) is 0 Å². The van der Waals surface area contributed by atoms with Crippen LogP contribution in [0.15, 0.2) is 36.8 Å². The maximum atomic E-state index is 12.2. The molecule has 8 nitrogen and oxygen atoms in total. The van der Waals surface area contributed by atoms with E-state index in [0.717, 1.165) is 5.52 Å². The first-order chi connectivity index (χ1) is 11.6. The van der Waals surface area contributed by atoms with E-state index in [1.807, 2.05) is 19.1 Å². The highest BCUT2D eigenvalue weighted by Crippen LogP contribution is 2.09. The molecule has 0 bridgehead atoms. The number of fused-ring (bicyclic) bond motifs is 1. The molecule has 0 unspecified atom stereocenters. The van der Waals surface area contributed by atoms with E-state index in [4.69, 9.17) is 5.73 Å². The summed E-state index contributed by atoms with van der Waals surface area (Å²) >= 11 is 0. The molecule has 3 heterocycles. The van der Waals surface area contributed by atoms with Crippen LogP contribution in [-0.2, 0) is 0 Å². The van der Waals surface area contributed by atoms with Crippen molar-refractivity contribution in [3.8, 4) is 0 Å². The first-order valence-corrected chi connectivity index (χ1v) is 7.48. The standard InChI is InChI=1S/C16H17N7O/c1-10(4-2-5-11-13(17)19-9-8-18-11)21-16(24)15-22-12-6-3-7-20-14(12)23-15/h2-3,5-10H,4H2,1H3,(H2,17,19)(H,21,24)(H,20,22,23)/b5-2+/t10-/m0/s1. The number of imidazole rings is 1. The summed E-state index contributed by atoms with van der Waals surface area (Å²) in [4.78, 5) is 31.5. The van der Waals surface area contributed by atoms with Crippen LogP contribution < -0.4 is 11.1 Å². The quantitative estimate of drug-likeness (QED) is 0.654. The van der Waals surface area contributed by atoms with Gasteiger partial charge < -0.3 is 16.0 Å². The molecule has 0 aliphatic rings. The molecular formula is C16H17N7O. The minimum atomic E-state index is -0.270. The number of carbonyl (C=O) groups is 1. The number of hydrogen-bond acceptors (Lipinski definition) is 6. The third-order valence-electron chi connectivity index (χ3n) is 3.37. The molecule has 0 aliphatic heterocycles. The predicted molar refractivity (Wildman–Crippen MR) is 90.9 cm³/mol. The highest BCUT2D eigenvalue weighted by molar-refractivity contribution is 5.93. The maximum Gasteiger partial charge on any atom is 0.287 e. The number of anilines is 1. The molecule has 24 heavy (non-hydrogen) atoms. The van der Waals surface area contributed by atoms with E-state index >= 15 is 0 Å². The van der Waals surface area contributed by atoms with Gasteiger partial charge in [0.05, 0.1) is 5.52 Å². The zero-order chi connectivity index (χ0) is 16.9. The van der Waals surface area contributed by atoms with Crippen LogP contribution in [0, 0.1) is 0 Å². The van der Waals surface area contributed by atoms with E-state index in [1.54, 1.807) is 24.5 Å². The second kappa shape index (κ2) is 6.86. The van der Waals surface area contributed by atoms with E-state index in [9.17, 15) is 4.79 Å². The smallest absolute Gasteiger partial charge is 0.287 e. The van der Waals surface area contributed by atoms with Gasteiger partial charge in [0.15, 0.2) is 11.5 Å². The Morgan fingerprint density at radius 3 is 2.96 bits per heavy atom. The summed E-state index contributed by atoms with van der Waals surface area (Å²) in [6, 6.07) is 3.53. The molecule has 1 atom stereocenters. The van der Waals surface area contributed by atoms with Crippen LogP contribution in [-0.4, -0.2) is 36.9 Å². The largest absolute Gasteiger partial charge is 0.382 e. The van der Waals surface area contributed by atoms with E-state index in [2.05, 4.69) is 30.2 Å². The van der Waals surface area contributed by atoms with Crippen molar-refractivity contribution < 1.29 is 4.79 Å². The van der Waals surface area contributed by atoms with Gasteiger partial charge in [-0.3, -0.25) is 9.78 Å². The van der Waals surface area contributed by atoms with Gasteiger partial charge in [0, 0.05) is 24.6 Å². The van der Waals surface area contributed by atoms with Crippen LogP contribution in [0.4, 0.5) is 5.82 Å². The third kappa shape index (κ3) is 3.54. The van der Waals surface area contributed by atoms with Crippen LogP contribution in [0.2, 0.25) is 0 Å². The Morgan fingerprint density at radius 1 is 1.33 bits per heavy atom. The summed E-state index contributed by atoms with van der Waals surface area (Å²) in [6.45, 7) is 1.91. The minimum absolute atomic E-state index is 0.0761. The first-order valence-electron chi connectivity index (χ1n) is 7.48. The number of aromatic amines is 1. The van der Waals surface area contributed by atoms with E-state index in [-0.39, 0.29) is 17.8 Å². The molecule has 0 saturated carbocycles. The number of pyridine rings is 1. The minimum Gasteiger partial charge on any atom is -0.382 e. The fourth-order valence-electron chi connectivity index (χ4n) is 2.18. The molecule has 3 aromatic rings. The zero-order valence-electron chi connectivity index (χ0n) is 13.1. The van der Waals surface area contributed by atoms with Gasteiger partial charge >= 0.3 is 0 Å². The Labute approximate surface area is 138 Å². The summed E-state index contributed by atoms with van der Waals surface area (Å²) in [5.41, 5.74) is 7.58. The Balaban J connectivity index is 1.59. The number of H-pyrrole nitrogens is 1. The average molecular weight is 323 g/mol. The predicted octanol–water partition coefficient (Wildman–Crippen LogP) is 1.55. The molecule has 0 saturated heterocycles. The molecule has 0 fully saturated rings. The molecule has 0 radical (unpaired) electrons. The fraction of sp³-hybridized carbons (Fsp3) is 0.188. The van der Waals surface area contributed by atoms with Crippen molar-refractivity contribution in [1.29, 1.82) is 0 Å². The van der Waals surface area contributed by atoms with Gasteiger partial charge in [-0.1, -0.05) is 6.08 Å². The number of aromatic nitrogens is 5. The van der Waals surface area contributed by atoms with Crippen molar-refractivity contribution in [2.45, 2.75) is 19.4 Å². The van der Waals surface area contributed by atoms with E-state index in [1.165, 1.54) is 6.20 Å². The van der Waals surface area contributed by atoms with Gasteiger partial charge in [-0.25, -0.2) is 15.0 Å². The molecule has 8 heteroatoms. The number of nitrogens with two attached hydrogens (primary N) is 1. The normalized spacial score (nSPS) is 12.5. The maximum absolute atomic E-state index is 12.2. The highest BCUT2D eigenvalue weighted by Gasteiger charge is 2.13. The number of nitrogens with zero attached hydrogens (tertiary/aromatic N) is 4.